The van der Waals surface area contributed by atoms with Gasteiger partial charge in [0.1, 0.15) is 0 Å². The summed E-state index contributed by atoms with van der Waals surface area (Å²) >= 11 is 0. The molecule has 0 atom stereocenters. The van der Waals surface area contributed by atoms with Crippen LogP contribution in [0, 0.1) is 16.2 Å². The lowest BCUT2D eigenvalue weighted by molar-refractivity contribution is -0.596. The van der Waals surface area contributed by atoms with E-state index in [1.807, 2.05) is 30.6 Å². The Morgan fingerprint density at radius 3 is 2.60 bits per heavy atom. The number of rotatable bonds is 2. The van der Waals surface area contributed by atoms with Gasteiger partial charge in [-0.15, -0.1) is 0 Å². The highest BCUT2D eigenvalue weighted by molar-refractivity contribution is 5.37. The van der Waals surface area contributed by atoms with E-state index in [9.17, 15) is 10.1 Å². The molecule has 0 fully saturated rings. The third kappa shape index (κ3) is 1.99. The Morgan fingerprint density at radius 2 is 1.93 bits per heavy atom. The minimum Gasteiger partial charge on any atom is -0.258 e. The fourth-order valence-electron chi connectivity index (χ4n) is 1.27. The molecule has 1 aromatic heterocycles. The van der Waals surface area contributed by atoms with Crippen LogP contribution in [0.25, 0.3) is 5.69 Å². The van der Waals surface area contributed by atoms with Crippen molar-refractivity contribution in [1.29, 1.82) is 0 Å². The maximum absolute atomic E-state index is 10.6. The van der Waals surface area contributed by atoms with Gasteiger partial charge < -0.3 is 0 Å². The molecule has 0 saturated heterocycles. The molecule has 15 heavy (non-hydrogen) atoms. The summed E-state index contributed by atoms with van der Waals surface area (Å²) in [5.41, 5.74) is 0.772. The number of benzene rings is 1. The molecule has 0 aliphatic heterocycles. The quantitative estimate of drug-likeness (QED) is 0.420. The van der Waals surface area contributed by atoms with Crippen molar-refractivity contribution in [3.05, 3.63) is 65.0 Å². The molecule has 2 aromatic rings. The third-order valence-electron chi connectivity index (χ3n) is 1.98. The van der Waals surface area contributed by atoms with Crippen molar-refractivity contribution in [2.45, 2.75) is 0 Å². The smallest absolute Gasteiger partial charge is 0.258 e. The van der Waals surface area contributed by atoms with Crippen LogP contribution >= 0.6 is 0 Å². The Hall–Kier alpha value is -2.23. The van der Waals surface area contributed by atoms with Crippen LogP contribution in [0.2, 0.25) is 0 Å². The fraction of sp³-hybridized carbons (Fsp3) is 0. The molecule has 0 bridgehead atoms. The van der Waals surface area contributed by atoms with E-state index in [-0.39, 0.29) is 5.69 Å². The van der Waals surface area contributed by atoms with Gasteiger partial charge in [-0.05, 0) is 6.07 Å². The van der Waals surface area contributed by atoms with Gasteiger partial charge in [-0.3, -0.25) is 10.1 Å². The van der Waals surface area contributed by atoms with Crippen LogP contribution in [-0.4, -0.2) is 4.92 Å². The van der Waals surface area contributed by atoms with E-state index in [0.29, 0.717) is 0 Å². The maximum atomic E-state index is 10.6. The molecular formula is C11H8N2O2+. The van der Waals surface area contributed by atoms with Crippen molar-refractivity contribution in [3.63, 3.8) is 0 Å². The predicted molar refractivity (Wildman–Crippen MR) is 53.5 cm³/mol. The molecule has 0 saturated carbocycles. The molecule has 1 heterocycles. The molecule has 4 nitrogen and oxygen atoms in total. The molecule has 0 spiro atoms. The van der Waals surface area contributed by atoms with Gasteiger partial charge in [0, 0.05) is 24.3 Å². The van der Waals surface area contributed by atoms with Crippen LogP contribution in [0.3, 0.4) is 0 Å². The zero-order valence-electron chi connectivity index (χ0n) is 7.83. The number of hydrogen-bond donors (Lipinski definition) is 0. The van der Waals surface area contributed by atoms with Gasteiger partial charge >= 0.3 is 0 Å². The van der Waals surface area contributed by atoms with Gasteiger partial charge in [-0.1, -0.05) is 6.07 Å². The third-order valence-corrected chi connectivity index (χ3v) is 1.98. The highest BCUT2D eigenvalue weighted by atomic mass is 16.6. The van der Waals surface area contributed by atoms with E-state index in [4.69, 9.17) is 0 Å². The lowest BCUT2D eigenvalue weighted by atomic mass is 10.3. The van der Waals surface area contributed by atoms with E-state index >= 15 is 0 Å². The number of nitrogens with zero attached hydrogens (tertiary/aromatic N) is 2. The molecule has 0 unspecified atom stereocenters. The normalized spacial score (nSPS) is 9.87. The van der Waals surface area contributed by atoms with Crippen molar-refractivity contribution in [3.8, 4) is 5.69 Å². The number of nitro benzene ring substituents is 1. The summed E-state index contributed by atoms with van der Waals surface area (Å²) in [6, 6.07) is 12.9. The molecule has 73 valence electrons. The Morgan fingerprint density at radius 1 is 1.20 bits per heavy atom. The van der Waals surface area contributed by atoms with Crippen molar-refractivity contribution < 1.29 is 9.49 Å². The lowest BCUT2D eigenvalue weighted by Gasteiger charge is -1.94. The lowest BCUT2D eigenvalue weighted by Crippen LogP contribution is -2.28. The molecule has 0 aliphatic carbocycles. The molecule has 0 amide bonds. The van der Waals surface area contributed by atoms with Gasteiger partial charge in [0.05, 0.1) is 11.0 Å². The summed E-state index contributed by atoms with van der Waals surface area (Å²) in [6.45, 7) is 0. The van der Waals surface area contributed by atoms with Crippen LogP contribution in [0.5, 0.6) is 0 Å². The second-order valence-corrected chi connectivity index (χ2v) is 2.99. The highest BCUT2D eigenvalue weighted by Crippen LogP contribution is 2.11. The molecular weight excluding hydrogens is 192 g/mol. The Balaban J connectivity index is 2.46. The summed E-state index contributed by atoms with van der Waals surface area (Å²) in [6.07, 6.45) is 3.65. The van der Waals surface area contributed by atoms with Crippen molar-refractivity contribution in [2.75, 3.05) is 0 Å². The monoisotopic (exact) mass is 200 g/mol. The van der Waals surface area contributed by atoms with Crippen LogP contribution in [-0.2, 0) is 0 Å². The number of nitro groups is 1. The number of aromatic nitrogens is 1. The second-order valence-electron chi connectivity index (χ2n) is 2.99. The van der Waals surface area contributed by atoms with Gasteiger partial charge in [0.15, 0.2) is 12.4 Å². The molecule has 1 radical (unpaired) electrons. The SMILES string of the molecule is O=[N+]([O-])c1c[c]cc(-[n+]2ccccc2)c1. The van der Waals surface area contributed by atoms with E-state index in [1.54, 1.807) is 10.6 Å². The first kappa shape index (κ1) is 9.33. The average Bonchev–Trinajstić information content (AvgIpc) is 2.30. The molecule has 0 N–H and O–H groups in total. The van der Waals surface area contributed by atoms with Crippen LogP contribution < -0.4 is 4.57 Å². The highest BCUT2D eigenvalue weighted by Gasteiger charge is 2.11. The number of non-ortho nitro benzene ring substituents is 1. The number of hydrogen-bond acceptors (Lipinski definition) is 2. The Labute approximate surface area is 86.6 Å². The Kier molecular flexibility index (Phi) is 2.41. The van der Waals surface area contributed by atoms with Gasteiger partial charge in [0.2, 0.25) is 5.69 Å². The summed E-state index contributed by atoms with van der Waals surface area (Å²) in [5, 5.41) is 10.6. The van der Waals surface area contributed by atoms with E-state index in [2.05, 4.69) is 6.07 Å². The summed E-state index contributed by atoms with van der Waals surface area (Å²) in [7, 11) is 0. The van der Waals surface area contributed by atoms with E-state index < -0.39 is 4.92 Å². The molecule has 1 aromatic carbocycles. The van der Waals surface area contributed by atoms with Crippen LogP contribution in [0.4, 0.5) is 5.69 Å². The average molecular weight is 200 g/mol. The summed E-state index contributed by atoms with van der Waals surface area (Å²) < 4.78 is 1.80. The van der Waals surface area contributed by atoms with Crippen molar-refractivity contribution >= 4 is 5.69 Å². The topological polar surface area (TPSA) is 47.0 Å². The van der Waals surface area contributed by atoms with Gasteiger partial charge in [-0.2, -0.15) is 4.57 Å². The zero-order chi connectivity index (χ0) is 10.7. The second kappa shape index (κ2) is 3.88. The maximum Gasteiger partial charge on any atom is 0.276 e. The molecule has 4 heteroatoms. The Bertz CT molecular complexity index is 483. The first-order valence-corrected chi connectivity index (χ1v) is 4.39. The van der Waals surface area contributed by atoms with Crippen molar-refractivity contribution in [2.24, 2.45) is 0 Å². The van der Waals surface area contributed by atoms with Gasteiger partial charge in [-0.25, -0.2) is 0 Å². The predicted octanol–water partition coefficient (Wildman–Crippen LogP) is 1.67. The van der Waals surface area contributed by atoms with Gasteiger partial charge in [0.25, 0.3) is 5.69 Å². The largest absolute Gasteiger partial charge is 0.276 e. The molecule has 0 aliphatic rings. The van der Waals surface area contributed by atoms with E-state index in [1.165, 1.54) is 12.1 Å². The standard InChI is InChI=1S/C11H8N2O2/c14-13(15)11-6-4-5-10(9-11)12-7-2-1-3-8-12/h1-3,5-9H/q+1. The minimum atomic E-state index is -0.427. The van der Waals surface area contributed by atoms with Crippen LogP contribution in [0.1, 0.15) is 0 Å². The first-order valence-electron chi connectivity index (χ1n) is 4.39. The summed E-state index contributed by atoms with van der Waals surface area (Å²) in [5.74, 6) is 0. The zero-order valence-corrected chi connectivity index (χ0v) is 7.83. The summed E-state index contributed by atoms with van der Waals surface area (Å²) in [4.78, 5) is 10.1. The molecule has 2 rings (SSSR count). The first-order chi connectivity index (χ1) is 7.27. The van der Waals surface area contributed by atoms with Crippen molar-refractivity contribution in [1.82, 2.24) is 0 Å². The van der Waals surface area contributed by atoms with Crippen LogP contribution in [0.15, 0.2) is 48.8 Å². The fourth-order valence-corrected chi connectivity index (χ4v) is 1.27. The number of pyridine rings is 1. The van der Waals surface area contributed by atoms with E-state index in [0.717, 1.165) is 5.69 Å². The minimum absolute atomic E-state index is 0.0452.